The van der Waals surface area contributed by atoms with Crippen LogP contribution in [0.3, 0.4) is 0 Å². The summed E-state index contributed by atoms with van der Waals surface area (Å²) in [6, 6.07) is 14.1. The number of hydrogen-bond donors (Lipinski definition) is 0. The van der Waals surface area contributed by atoms with Gasteiger partial charge in [-0.2, -0.15) is 0 Å². The number of thiazole rings is 1. The zero-order valence-electron chi connectivity index (χ0n) is 10.2. The Balaban J connectivity index is 1.89. The van der Waals surface area contributed by atoms with E-state index in [1.54, 1.807) is 11.6 Å². The lowest BCUT2D eigenvalue weighted by atomic mass is 10.0. The Morgan fingerprint density at radius 2 is 1.89 bits per heavy atom. The van der Waals surface area contributed by atoms with Crippen molar-refractivity contribution in [2.24, 2.45) is 5.18 Å². The number of fused-ring (bicyclic) bond motifs is 1. The molecule has 0 bridgehead atoms. The SMILES string of the molecule is O=Nc1ccc(CCc2ccccc2)c2ncsc12. The van der Waals surface area contributed by atoms with E-state index in [0.29, 0.717) is 5.69 Å². The summed E-state index contributed by atoms with van der Waals surface area (Å²) in [5.41, 5.74) is 5.65. The second-order valence-electron chi connectivity index (χ2n) is 4.35. The summed E-state index contributed by atoms with van der Waals surface area (Å²) in [6.45, 7) is 0. The first-order valence-corrected chi connectivity index (χ1v) is 6.99. The molecule has 3 nitrogen and oxygen atoms in total. The van der Waals surface area contributed by atoms with Crippen molar-refractivity contribution in [3.05, 3.63) is 64.0 Å². The fourth-order valence-corrected chi connectivity index (χ4v) is 2.97. The van der Waals surface area contributed by atoms with Gasteiger partial charge in [0.1, 0.15) is 5.69 Å². The van der Waals surface area contributed by atoms with Gasteiger partial charge in [-0.3, -0.25) is 0 Å². The molecule has 19 heavy (non-hydrogen) atoms. The Morgan fingerprint density at radius 3 is 2.68 bits per heavy atom. The van der Waals surface area contributed by atoms with Gasteiger partial charge in [-0.1, -0.05) is 36.4 Å². The van der Waals surface area contributed by atoms with Crippen molar-refractivity contribution >= 4 is 27.2 Å². The maximum Gasteiger partial charge on any atom is 0.127 e. The molecule has 0 saturated carbocycles. The van der Waals surface area contributed by atoms with Gasteiger partial charge in [-0.25, -0.2) is 4.98 Å². The van der Waals surface area contributed by atoms with Crippen LogP contribution in [0.1, 0.15) is 11.1 Å². The quantitative estimate of drug-likeness (QED) is 0.655. The van der Waals surface area contributed by atoms with Gasteiger partial charge in [-0.15, -0.1) is 16.2 Å². The molecule has 3 aromatic rings. The van der Waals surface area contributed by atoms with Gasteiger partial charge in [-0.05, 0) is 35.2 Å². The normalized spacial score (nSPS) is 10.7. The van der Waals surface area contributed by atoms with Gasteiger partial charge >= 0.3 is 0 Å². The van der Waals surface area contributed by atoms with Gasteiger partial charge < -0.3 is 0 Å². The van der Waals surface area contributed by atoms with Crippen LogP contribution in [0.5, 0.6) is 0 Å². The molecule has 4 heteroatoms. The summed E-state index contributed by atoms with van der Waals surface area (Å²) < 4.78 is 0.889. The molecule has 0 aliphatic carbocycles. The van der Waals surface area contributed by atoms with E-state index in [9.17, 15) is 4.91 Å². The van der Waals surface area contributed by atoms with Crippen molar-refractivity contribution in [3.8, 4) is 0 Å². The summed E-state index contributed by atoms with van der Waals surface area (Å²) in [4.78, 5) is 15.1. The Hall–Kier alpha value is -2.07. The average molecular weight is 268 g/mol. The van der Waals surface area contributed by atoms with Gasteiger partial charge in [0.25, 0.3) is 0 Å². The van der Waals surface area contributed by atoms with Gasteiger partial charge in [0.15, 0.2) is 0 Å². The topological polar surface area (TPSA) is 42.3 Å². The van der Waals surface area contributed by atoms with Crippen LogP contribution in [0.4, 0.5) is 5.69 Å². The minimum Gasteiger partial charge on any atom is -0.244 e. The molecule has 1 aromatic heterocycles. The molecule has 2 aromatic carbocycles. The van der Waals surface area contributed by atoms with Crippen molar-refractivity contribution in [1.29, 1.82) is 0 Å². The zero-order chi connectivity index (χ0) is 13.1. The second-order valence-corrected chi connectivity index (χ2v) is 5.21. The Kier molecular flexibility index (Phi) is 3.33. The molecule has 0 N–H and O–H groups in total. The zero-order valence-corrected chi connectivity index (χ0v) is 11.1. The second kappa shape index (κ2) is 5.28. The fourth-order valence-electron chi connectivity index (χ4n) is 2.19. The van der Waals surface area contributed by atoms with Crippen LogP contribution in [-0.4, -0.2) is 4.98 Å². The van der Waals surface area contributed by atoms with E-state index < -0.39 is 0 Å². The lowest BCUT2D eigenvalue weighted by Crippen LogP contribution is -1.92. The molecule has 0 atom stereocenters. The molecule has 3 rings (SSSR count). The van der Waals surface area contributed by atoms with Crippen LogP contribution in [0.2, 0.25) is 0 Å². The molecule has 0 radical (unpaired) electrons. The highest BCUT2D eigenvalue weighted by Gasteiger charge is 2.09. The highest BCUT2D eigenvalue weighted by Crippen LogP contribution is 2.31. The molecule has 0 fully saturated rings. The van der Waals surface area contributed by atoms with E-state index in [2.05, 4.69) is 22.3 Å². The van der Waals surface area contributed by atoms with Crippen LogP contribution in [0, 0.1) is 4.91 Å². The lowest BCUT2D eigenvalue weighted by Gasteiger charge is -2.04. The summed E-state index contributed by atoms with van der Waals surface area (Å²) in [6.07, 6.45) is 1.89. The third-order valence-electron chi connectivity index (χ3n) is 3.17. The number of hydrogen-bond acceptors (Lipinski definition) is 4. The van der Waals surface area contributed by atoms with Crippen molar-refractivity contribution in [2.75, 3.05) is 0 Å². The number of aryl methyl sites for hydroxylation is 2. The van der Waals surface area contributed by atoms with E-state index in [1.165, 1.54) is 22.5 Å². The van der Waals surface area contributed by atoms with Crippen LogP contribution >= 0.6 is 11.3 Å². The van der Waals surface area contributed by atoms with Crippen molar-refractivity contribution in [2.45, 2.75) is 12.8 Å². The number of nitroso groups, excluding NO2 is 1. The summed E-state index contributed by atoms with van der Waals surface area (Å²) in [5, 5.41) is 3.05. The van der Waals surface area contributed by atoms with E-state index in [-0.39, 0.29) is 0 Å². The van der Waals surface area contributed by atoms with Crippen molar-refractivity contribution in [1.82, 2.24) is 4.98 Å². The summed E-state index contributed by atoms with van der Waals surface area (Å²) in [7, 11) is 0. The van der Waals surface area contributed by atoms with E-state index in [1.807, 2.05) is 24.3 Å². The van der Waals surface area contributed by atoms with Crippen LogP contribution in [0.25, 0.3) is 10.2 Å². The standard InChI is InChI=1S/C15H12N2OS/c18-17-13-9-8-12(14-15(13)19-10-16-14)7-6-11-4-2-1-3-5-11/h1-5,8-10H,6-7H2. The van der Waals surface area contributed by atoms with Gasteiger partial charge in [0, 0.05) is 0 Å². The highest BCUT2D eigenvalue weighted by atomic mass is 32.1. The minimum absolute atomic E-state index is 0.487. The van der Waals surface area contributed by atoms with Gasteiger partial charge in [0.05, 0.1) is 15.7 Å². The van der Waals surface area contributed by atoms with Crippen molar-refractivity contribution < 1.29 is 0 Å². The molecule has 0 spiro atoms. The van der Waals surface area contributed by atoms with Crippen molar-refractivity contribution in [3.63, 3.8) is 0 Å². The minimum atomic E-state index is 0.487. The van der Waals surface area contributed by atoms with E-state index in [0.717, 1.165) is 23.1 Å². The Labute approximate surface area is 114 Å². The largest absolute Gasteiger partial charge is 0.244 e. The molecule has 0 saturated heterocycles. The fraction of sp³-hybridized carbons (Fsp3) is 0.133. The predicted octanol–water partition coefficient (Wildman–Crippen LogP) is 4.48. The third kappa shape index (κ3) is 2.39. The smallest absolute Gasteiger partial charge is 0.127 e. The molecule has 1 heterocycles. The van der Waals surface area contributed by atoms with Crippen LogP contribution in [-0.2, 0) is 12.8 Å². The Bertz CT molecular complexity index is 706. The molecular formula is C15H12N2OS. The number of rotatable bonds is 4. The predicted molar refractivity (Wildman–Crippen MR) is 78.9 cm³/mol. The number of aromatic nitrogens is 1. The Morgan fingerprint density at radius 1 is 1.05 bits per heavy atom. The van der Waals surface area contributed by atoms with Gasteiger partial charge in [0.2, 0.25) is 0 Å². The summed E-state index contributed by atoms with van der Waals surface area (Å²) >= 11 is 1.47. The van der Waals surface area contributed by atoms with E-state index >= 15 is 0 Å². The first kappa shape index (κ1) is 12.0. The average Bonchev–Trinajstić information content (AvgIpc) is 2.95. The van der Waals surface area contributed by atoms with E-state index in [4.69, 9.17) is 0 Å². The first-order valence-electron chi connectivity index (χ1n) is 6.11. The lowest BCUT2D eigenvalue weighted by molar-refractivity contribution is 0.966. The van der Waals surface area contributed by atoms with Crippen LogP contribution < -0.4 is 0 Å². The molecule has 0 unspecified atom stereocenters. The van der Waals surface area contributed by atoms with Crippen LogP contribution in [0.15, 0.2) is 53.2 Å². The molecular weight excluding hydrogens is 256 g/mol. The monoisotopic (exact) mass is 268 g/mol. The first-order chi connectivity index (χ1) is 9.38. The maximum absolute atomic E-state index is 10.7. The number of nitrogens with zero attached hydrogens (tertiary/aromatic N) is 2. The molecule has 0 aliphatic rings. The third-order valence-corrected chi connectivity index (χ3v) is 4.02. The molecule has 0 aliphatic heterocycles. The number of benzene rings is 2. The highest BCUT2D eigenvalue weighted by molar-refractivity contribution is 7.17. The molecule has 0 amide bonds. The molecule has 94 valence electrons. The summed E-state index contributed by atoms with van der Waals surface area (Å²) in [5.74, 6) is 0. The maximum atomic E-state index is 10.7.